The van der Waals surface area contributed by atoms with Gasteiger partial charge in [-0.25, -0.2) is 4.99 Å². The number of amidine groups is 1. The Morgan fingerprint density at radius 3 is 2.38 bits per heavy atom. The minimum atomic E-state index is -0.390. The summed E-state index contributed by atoms with van der Waals surface area (Å²) in [5.41, 5.74) is 3.00. The highest BCUT2D eigenvalue weighted by Crippen LogP contribution is 2.30. The van der Waals surface area contributed by atoms with E-state index in [1.807, 2.05) is 63.2 Å². The van der Waals surface area contributed by atoms with Gasteiger partial charge in [-0.3, -0.25) is 14.5 Å². The molecule has 0 aliphatic carbocycles. The van der Waals surface area contributed by atoms with Gasteiger partial charge in [-0.1, -0.05) is 35.9 Å². The number of benzene rings is 2. The highest BCUT2D eigenvalue weighted by molar-refractivity contribution is 6.19. The third-order valence-electron chi connectivity index (χ3n) is 4.75. The van der Waals surface area contributed by atoms with E-state index in [9.17, 15) is 9.59 Å². The Kier molecular flexibility index (Phi) is 7.65. The number of aryl methyl sites for hydroxylation is 1. The average molecular weight is 437 g/mol. The van der Waals surface area contributed by atoms with Crippen molar-refractivity contribution in [3.05, 3.63) is 64.9 Å². The van der Waals surface area contributed by atoms with Crippen molar-refractivity contribution in [3.63, 3.8) is 0 Å². The molecule has 0 N–H and O–H groups in total. The molecule has 1 aliphatic heterocycles. The molecular formula is C25H28N2O5. The molecule has 3 rings (SSSR count). The molecule has 0 fully saturated rings. The van der Waals surface area contributed by atoms with Crippen LogP contribution in [0.1, 0.15) is 37.5 Å². The summed E-state index contributed by atoms with van der Waals surface area (Å²) in [4.78, 5) is 30.5. The van der Waals surface area contributed by atoms with Crippen molar-refractivity contribution in [1.29, 1.82) is 0 Å². The van der Waals surface area contributed by atoms with E-state index >= 15 is 0 Å². The Bertz CT molecular complexity index is 1040. The van der Waals surface area contributed by atoms with Gasteiger partial charge in [0, 0.05) is 12.5 Å². The summed E-state index contributed by atoms with van der Waals surface area (Å²) in [7, 11) is 0. The van der Waals surface area contributed by atoms with Gasteiger partial charge in [0.1, 0.15) is 18.1 Å². The van der Waals surface area contributed by atoms with E-state index in [2.05, 4.69) is 4.99 Å². The number of hydrogen-bond acceptors (Lipinski definition) is 6. The first-order valence-electron chi connectivity index (χ1n) is 10.6. The maximum atomic E-state index is 13.2. The first-order chi connectivity index (χ1) is 15.4. The topological polar surface area (TPSA) is 77.4 Å². The number of rotatable bonds is 9. The zero-order chi connectivity index (χ0) is 23.1. The van der Waals surface area contributed by atoms with Crippen LogP contribution in [-0.2, 0) is 14.3 Å². The quantitative estimate of drug-likeness (QED) is 0.439. The molecular weight excluding hydrogens is 408 g/mol. The van der Waals surface area contributed by atoms with Crippen LogP contribution >= 0.6 is 0 Å². The van der Waals surface area contributed by atoms with E-state index in [0.717, 1.165) is 16.7 Å². The first kappa shape index (κ1) is 23.1. The predicted octanol–water partition coefficient (Wildman–Crippen LogP) is 3.99. The van der Waals surface area contributed by atoms with Crippen molar-refractivity contribution in [3.8, 4) is 11.5 Å². The van der Waals surface area contributed by atoms with E-state index in [0.29, 0.717) is 36.2 Å². The van der Waals surface area contributed by atoms with Gasteiger partial charge in [-0.05, 0) is 44.5 Å². The smallest absolute Gasteiger partial charge is 0.302 e. The summed E-state index contributed by atoms with van der Waals surface area (Å²) >= 11 is 0. The molecule has 0 saturated carbocycles. The minimum Gasteiger partial charge on any atom is -0.490 e. The van der Waals surface area contributed by atoms with Crippen molar-refractivity contribution in [2.45, 2.75) is 27.7 Å². The van der Waals surface area contributed by atoms with E-state index in [4.69, 9.17) is 14.2 Å². The van der Waals surface area contributed by atoms with Crippen LogP contribution in [0.3, 0.4) is 0 Å². The van der Waals surface area contributed by atoms with E-state index in [1.54, 1.807) is 6.08 Å². The molecule has 2 aromatic rings. The molecule has 0 atom stereocenters. The van der Waals surface area contributed by atoms with Gasteiger partial charge >= 0.3 is 5.97 Å². The molecule has 1 heterocycles. The Morgan fingerprint density at radius 1 is 1.03 bits per heavy atom. The lowest BCUT2D eigenvalue weighted by atomic mass is 10.1. The molecule has 0 radical (unpaired) electrons. The summed E-state index contributed by atoms with van der Waals surface area (Å²) in [5, 5.41) is 0. The molecule has 1 amide bonds. The number of aliphatic imine (C=N–C) groups is 1. The average Bonchev–Trinajstić information content (AvgIpc) is 3.06. The standard InChI is InChI=1S/C25H28N2O5/c1-5-30-22-12-9-19(16-23(22)31-6-2)15-21-25(29)27(13-14-32-18(4)28)24(26-21)20-10-7-17(3)8-11-20/h7-12,15-16H,5-6,13-14H2,1-4H3/b21-15+. The van der Waals surface area contributed by atoms with Crippen LogP contribution < -0.4 is 9.47 Å². The second-order valence-corrected chi connectivity index (χ2v) is 7.20. The van der Waals surface area contributed by atoms with Gasteiger partial charge < -0.3 is 14.2 Å². The van der Waals surface area contributed by atoms with E-state index in [-0.39, 0.29) is 25.0 Å². The Morgan fingerprint density at radius 2 is 1.72 bits per heavy atom. The summed E-state index contributed by atoms with van der Waals surface area (Å²) in [6.45, 7) is 8.49. The maximum Gasteiger partial charge on any atom is 0.302 e. The highest BCUT2D eigenvalue weighted by Gasteiger charge is 2.31. The lowest BCUT2D eigenvalue weighted by Gasteiger charge is -2.18. The molecule has 1 aliphatic rings. The molecule has 0 aromatic heterocycles. The zero-order valence-corrected chi connectivity index (χ0v) is 18.9. The van der Waals surface area contributed by atoms with Gasteiger partial charge in [0.05, 0.1) is 19.8 Å². The third kappa shape index (κ3) is 5.55. The fourth-order valence-electron chi connectivity index (χ4n) is 3.28. The van der Waals surface area contributed by atoms with Gasteiger partial charge in [0.2, 0.25) is 0 Å². The maximum absolute atomic E-state index is 13.2. The van der Waals surface area contributed by atoms with Crippen molar-refractivity contribution in [2.75, 3.05) is 26.4 Å². The fraction of sp³-hybridized carbons (Fsp3) is 0.320. The van der Waals surface area contributed by atoms with Crippen molar-refractivity contribution in [1.82, 2.24) is 4.90 Å². The zero-order valence-electron chi connectivity index (χ0n) is 18.9. The van der Waals surface area contributed by atoms with Crippen LogP contribution in [0.5, 0.6) is 11.5 Å². The van der Waals surface area contributed by atoms with Gasteiger partial charge in [-0.15, -0.1) is 0 Å². The van der Waals surface area contributed by atoms with Crippen molar-refractivity contribution < 1.29 is 23.8 Å². The summed E-state index contributed by atoms with van der Waals surface area (Å²) in [6, 6.07) is 13.3. The third-order valence-corrected chi connectivity index (χ3v) is 4.75. The second kappa shape index (κ2) is 10.6. The van der Waals surface area contributed by atoms with Crippen LogP contribution in [0, 0.1) is 6.92 Å². The molecule has 168 valence electrons. The Hall–Kier alpha value is -3.61. The lowest BCUT2D eigenvalue weighted by molar-refractivity contribution is -0.142. The van der Waals surface area contributed by atoms with Crippen LogP contribution in [0.25, 0.3) is 6.08 Å². The predicted molar refractivity (Wildman–Crippen MR) is 123 cm³/mol. The molecule has 2 aromatic carbocycles. The molecule has 0 bridgehead atoms. The largest absolute Gasteiger partial charge is 0.490 e. The van der Waals surface area contributed by atoms with Crippen LogP contribution in [0.2, 0.25) is 0 Å². The van der Waals surface area contributed by atoms with Crippen molar-refractivity contribution >= 4 is 23.8 Å². The van der Waals surface area contributed by atoms with Gasteiger partial charge in [0.25, 0.3) is 5.91 Å². The molecule has 0 saturated heterocycles. The lowest BCUT2D eigenvalue weighted by Crippen LogP contribution is -2.35. The summed E-state index contributed by atoms with van der Waals surface area (Å²) < 4.78 is 16.3. The van der Waals surface area contributed by atoms with E-state index < -0.39 is 0 Å². The minimum absolute atomic E-state index is 0.0940. The number of ether oxygens (including phenoxy) is 3. The van der Waals surface area contributed by atoms with Crippen LogP contribution in [0.4, 0.5) is 0 Å². The Balaban J connectivity index is 1.95. The van der Waals surface area contributed by atoms with Crippen LogP contribution in [-0.4, -0.2) is 49.0 Å². The van der Waals surface area contributed by atoms with Crippen molar-refractivity contribution in [2.24, 2.45) is 4.99 Å². The molecule has 0 spiro atoms. The number of carbonyl (C=O) groups excluding carboxylic acids is 2. The monoisotopic (exact) mass is 436 g/mol. The SMILES string of the molecule is CCOc1ccc(/C=C2/N=C(c3ccc(C)cc3)N(CCOC(C)=O)C2=O)cc1OCC. The molecule has 0 unspecified atom stereocenters. The first-order valence-corrected chi connectivity index (χ1v) is 10.6. The summed E-state index contributed by atoms with van der Waals surface area (Å²) in [6.07, 6.45) is 1.72. The molecule has 7 nitrogen and oxygen atoms in total. The normalized spacial score (nSPS) is 14.5. The number of esters is 1. The molecule has 32 heavy (non-hydrogen) atoms. The molecule has 7 heteroatoms. The van der Waals surface area contributed by atoms with E-state index in [1.165, 1.54) is 11.8 Å². The second-order valence-electron chi connectivity index (χ2n) is 7.20. The number of nitrogens with zero attached hydrogens (tertiary/aromatic N) is 2. The highest BCUT2D eigenvalue weighted by atomic mass is 16.5. The number of carbonyl (C=O) groups is 2. The fourth-order valence-corrected chi connectivity index (χ4v) is 3.28. The number of amides is 1. The number of hydrogen-bond donors (Lipinski definition) is 0. The van der Waals surface area contributed by atoms with Crippen LogP contribution in [0.15, 0.2) is 53.2 Å². The van der Waals surface area contributed by atoms with Gasteiger partial charge in [0.15, 0.2) is 11.5 Å². The Labute approximate surface area is 188 Å². The summed E-state index contributed by atoms with van der Waals surface area (Å²) in [5.74, 6) is 1.16. The van der Waals surface area contributed by atoms with Gasteiger partial charge in [-0.2, -0.15) is 0 Å².